The molecule has 1 amide bonds. The van der Waals surface area contributed by atoms with Crippen LogP contribution in [0.25, 0.3) is 11.8 Å². The lowest BCUT2D eigenvalue weighted by molar-refractivity contribution is -0.136. The van der Waals surface area contributed by atoms with Gasteiger partial charge in [-0.1, -0.05) is 11.6 Å². The first kappa shape index (κ1) is 25.1. The van der Waals surface area contributed by atoms with Gasteiger partial charge in [0.15, 0.2) is 11.5 Å². The van der Waals surface area contributed by atoms with Gasteiger partial charge in [-0.25, -0.2) is 4.79 Å². The molecule has 2 aromatic carbocycles. The summed E-state index contributed by atoms with van der Waals surface area (Å²) in [5, 5.41) is 0.652. The Kier molecular flexibility index (Phi) is 6.95. The molecule has 0 spiro atoms. The number of benzene rings is 2. The van der Waals surface area contributed by atoms with Crippen LogP contribution in [0.15, 0.2) is 65.4 Å². The van der Waals surface area contributed by atoms with Crippen molar-refractivity contribution in [1.29, 1.82) is 0 Å². The van der Waals surface area contributed by atoms with Crippen LogP contribution in [-0.4, -0.2) is 37.8 Å². The van der Waals surface area contributed by atoms with E-state index >= 15 is 0 Å². The van der Waals surface area contributed by atoms with Crippen molar-refractivity contribution < 1.29 is 23.8 Å². The standard InChI is InChI=1S/C28H27ClN2O5/c1-16-13-19(17(2)30(16)21-9-7-20(29)8-10-21)14-23-26(28(33)36-6)18(3)31(27(23)32)22-11-12-24(34-4)25(15-22)35-5/h7-15H,1-6H3/b23-14-. The quantitative estimate of drug-likeness (QED) is 0.319. The molecule has 0 unspecified atom stereocenters. The Morgan fingerprint density at radius 1 is 0.889 bits per heavy atom. The van der Waals surface area contributed by atoms with Crippen molar-refractivity contribution in [2.24, 2.45) is 0 Å². The van der Waals surface area contributed by atoms with Gasteiger partial charge in [0.2, 0.25) is 0 Å². The summed E-state index contributed by atoms with van der Waals surface area (Å²) in [7, 11) is 4.37. The molecule has 4 rings (SSSR count). The Hall–Kier alpha value is -3.97. The van der Waals surface area contributed by atoms with Crippen LogP contribution in [0.4, 0.5) is 5.69 Å². The molecule has 7 nitrogen and oxygen atoms in total. The zero-order valence-corrected chi connectivity index (χ0v) is 21.8. The maximum absolute atomic E-state index is 13.7. The first-order chi connectivity index (χ1) is 17.2. The second-order valence-electron chi connectivity index (χ2n) is 8.33. The van der Waals surface area contributed by atoms with Gasteiger partial charge in [0.05, 0.1) is 38.2 Å². The molecule has 8 heteroatoms. The van der Waals surface area contributed by atoms with Crippen LogP contribution < -0.4 is 14.4 Å². The molecule has 2 heterocycles. The summed E-state index contributed by atoms with van der Waals surface area (Å²) < 4.78 is 17.8. The highest BCUT2D eigenvalue weighted by Crippen LogP contribution is 2.39. The van der Waals surface area contributed by atoms with E-state index in [9.17, 15) is 9.59 Å². The van der Waals surface area contributed by atoms with E-state index < -0.39 is 5.97 Å². The SMILES string of the molecule is COC(=O)C1=C(C)N(c2ccc(OC)c(OC)c2)C(=O)/C1=C\c1cc(C)n(-c2ccc(Cl)cc2)c1C. The number of hydrogen-bond acceptors (Lipinski definition) is 5. The molecule has 3 aromatic rings. The predicted molar refractivity (Wildman–Crippen MR) is 140 cm³/mol. The van der Waals surface area contributed by atoms with Crippen molar-refractivity contribution in [3.8, 4) is 17.2 Å². The molecule has 0 saturated carbocycles. The Balaban J connectivity index is 1.84. The van der Waals surface area contributed by atoms with Crippen LogP contribution in [-0.2, 0) is 14.3 Å². The normalized spacial score (nSPS) is 14.6. The number of hydrogen-bond donors (Lipinski definition) is 0. The smallest absolute Gasteiger partial charge is 0.340 e. The number of rotatable bonds is 6. The Labute approximate surface area is 215 Å². The fourth-order valence-electron chi connectivity index (χ4n) is 4.53. The van der Waals surface area contributed by atoms with Crippen LogP contribution in [0.5, 0.6) is 11.5 Å². The number of carbonyl (C=O) groups excluding carboxylic acids is 2. The first-order valence-corrected chi connectivity index (χ1v) is 11.6. The first-order valence-electron chi connectivity index (χ1n) is 11.2. The van der Waals surface area contributed by atoms with Crippen LogP contribution in [0.3, 0.4) is 0 Å². The van der Waals surface area contributed by atoms with Gasteiger partial charge in [0.25, 0.3) is 5.91 Å². The highest BCUT2D eigenvalue weighted by atomic mass is 35.5. The van der Waals surface area contributed by atoms with Gasteiger partial charge >= 0.3 is 5.97 Å². The predicted octanol–water partition coefficient (Wildman–Crippen LogP) is 5.64. The summed E-state index contributed by atoms with van der Waals surface area (Å²) in [6.45, 7) is 5.67. The second-order valence-corrected chi connectivity index (χ2v) is 8.76. The van der Waals surface area contributed by atoms with E-state index in [0.717, 1.165) is 22.6 Å². The van der Waals surface area contributed by atoms with Crippen molar-refractivity contribution in [2.45, 2.75) is 20.8 Å². The third-order valence-corrected chi connectivity index (χ3v) is 6.52. The third-order valence-electron chi connectivity index (χ3n) is 6.27. The summed E-state index contributed by atoms with van der Waals surface area (Å²) in [5.41, 5.74) is 5.14. The van der Waals surface area contributed by atoms with Gasteiger partial charge in [0.1, 0.15) is 0 Å². The molecule has 0 bridgehead atoms. The molecule has 1 aliphatic rings. The number of halogens is 1. The molecular weight excluding hydrogens is 480 g/mol. The van der Waals surface area contributed by atoms with E-state index in [1.54, 1.807) is 38.3 Å². The number of ether oxygens (including phenoxy) is 3. The fraction of sp³-hybridized carbons (Fsp3) is 0.214. The molecule has 0 N–H and O–H groups in total. The molecule has 0 radical (unpaired) electrons. The van der Waals surface area contributed by atoms with Crippen molar-refractivity contribution in [3.05, 3.63) is 87.3 Å². The molecule has 0 atom stereocenters. The molecule has 0 aliphatic carbocycles. The average Bonchev–Trinajstić information content (AvgIpc) is 3.29. The molecule has 0 saturated heterocycles. The average molecular weight is 507 g/mol. The van der Waals surface area contributed by atoms with Crippen LogP contribution in [0, 0.1) is 13.8 Å². The van der Waals surface area contributed by atoms with Gasteiger partial charge in [-0.3, -0.25) is 9.69 Å². The highest BCUT2D eigenvalue weighted by Gasteiger charge is 2.38. The van der Waals surface area contributed by atoms with Gasteiger partial charge in [0, 0.05) is 33.9 Å². The molecule has 1 aromatic heterocycles. The van der Waals surface area contributed by atoms with Crippen LogP contribution >= 0.6 is 11.6 Å². The maximum Gasteiger partial charge on any atom is 0.340 e. The third kappa shape index (κ3) is 4.27. The number of allylic oxidation sites excluding steroid dienone is 1. The van der Waals surface area contributed by atoms with E-state index in [0.29, 0.717) is 27.9 Å². The molecule has 186 valence electrons. The summed E-state index contributed by atoms with van der Waals surface area (Å²) in [6, 6.07) is 14.7. The van der Waals surface area contributed by atoms with E-state index in [-0.39, 0.29) is 17.1 Å². The summed E-state index contributed by atoms with van der Waals surface area (Å²) in [5.74, 6) is 0.0882. The maximum atomic E-state index is 13.7. The molecule has 1 aliphatic heterocycles. The lowest BCUT2D eigenvalue weighted by Crippen LogP contribution is -2.24. The van der Waals surface area contributed by atoms with Gasteiger partial charge in [-0.2, -0.15) is 0 Å². The lowest BCUT2D eigenvalue weighted by atomic mass is 10.0. The second kappa shape index (κ2) is 9.95. The summed E-state index contributed by atoms with van der Waals surface area (Å²) in [6.07, 6.45) is 1.74. The Morgan fingerprint density at radius 3 is 2.14 bits per heavy atom. The van der Waals surface area contributed by atoms with E-state index in [1.165, 1.54) is 19.1 Å². The van der Waals surface area contributed by atoms with Crippen molar-refractivity contribution >= 4 is 35.2 Å². The van der Waals surface area contributed by atoms with Crippen molar-refractivity contribution in [2.75, 3.05) is 26.2 Å². The number of esters is 1. The number of carbonyl (C=O) groups is 2. The van der Waals surface area contributed by atoms with E-state index in [4.69, 9.17) is 25.8 Å². The number of aromatic nitrogens is 1. The lowest BCUT2D eigenvalue weighted by Gasteiger charge is -2.19. The minimum atomic E-state index is -0.582. The Morgan fingerprint density at radius 2 is 1.53 bits per heavy atom. The van der Waals surface area contributed by atoms with E-state index in [1.807, 2.05) is 44.2 Å². The number of anilines is 1. The number of aryl methyl sites for hydroxylation is 1. The minimum absolute atomic E-state index is 0.216. The van der Waals surface area contributed by atoms with Gasteiger partial charge < -0.3 is 18.8 Å². The minimum Gasteiger partial charge on any atom is -0.493 e. The number of nitrogens with zero attached hydrogens (tertiary/aromatic N) is 2. The summed E-state index contributed by atoms with van der Waals surface area (Å²) in [4.78, 5) is 28.0. The molecule has 36 heavy (non-hydrogen) atoms. The molecule has 0 fully saturated rings. The monoisotopic (exact) mass is 506 g/mol. The summed E-state index contributed by atoms with van der Waals surface area (Å²) >= 11 is 6.06. The van der Waals surface area contributed by atoms with Gasteiger partial charge in [-0.15, -0.1) is 0 Å². The zero-order valence-electron chi connectivity index (χ0n) is 21.0. The van der Waals surface area contributed by atoms with E-state index in [2.05, 4.69) is 4.57 Å². The topological polar surface area (TPSA) is 70.0 Å². The Bertz CT molecular complexity index is 1420. The van der Waals surface area contributed by atoms with Crippen LogP contribution in [0.1, 0.15) is 23.9 Å². The van der Waals surface area contributed by atoms with Crippen molar-refractivity contribution in [1.82, 2.24) is 4.57 Å². The van der Waals surface area contributed by atoms with Crippen molar-refractivity contribution in [3.63, 3.8) is 0 Å². The van der Waals surface area contributed by atoms with Crippen LogP contribution in [0.2, 0.25) is 5.02 Å². The largest absolute Gasteiger partial charge is 0.493 e. The highest BCUT2D eigenvalue weighted by molar-refractivity contribution is 6.30. The number of methoxy groups -OCH3 is 3. The fourth-order valence-corrected chi connectivity index (χ4v) is 4.66. The zero-order chi connectivity index (χ0) is 26.1. The molecular formula is C28H27ClN2O5. The van der Waals surface area contributed by atoms with Gasteiger partial charge in [-0.05, 0) is 74.9 Å². The number of amides is 1.